The summed E-state index contributed by atoms with van der Waals surface area (Å²) < 4.78 is 21.7. The maximum Gasteiger partial charge on any atom is 0.328 e. The van der Waals surface area contributed by atoms with E-state index in [0.29, 0.717) is 52.8 Å². The lowest BCUT2D eigenvalue weighted by Gasteiger charge is -2.40. The van der Waals surface area contributed by atoms with E-state index in [1.54, 1.807) is 24.8 Å². The van der Waals surface area contributed by atoms with Gasteiger partial charge in [-0.05, 0) is 98.7 Å². The number of amides is 4. The topological polar surface area (TPSA) is 169 Å². The molecule has 3 aliphatic rings. The molecule has 6 aromatic rings. The highest BCUT2D eigenvalue weighted by atomic mass is 19.1. The molecule has 0 bridgehead atoms. The van der Waals surface area contributed by atoms with E-state index in [9.17, 15) is 14.4 Å². The number of H-pyrrole nitrogens is 1. The van der Waals surface area contributed by atoms with Gasteiger partial charge in [0.05, 0.1) is 17.1 Å². The number of urea groups is 1. The molecule has 3 saturated heterocycles. The van der Waals surface area contributed by atoms with Crippen LogP contribution in [0.1, 0.15) is 86.2 Å². The van der Waals surface area contributed by atoms with Gasteiger partial charge in [-0.1, -0.05) is 32.0 Å². The normalized spacial score (nSPS) is 17.5. The highest BCUT2D eigenvalue weighted by molar-refractivity contribution is 6.13. The molecule has 3 aliphatic heterocycles. The van der Waals surface area contributed by atoms with Crippen molar-refractivity contribution in [2.45, 2.75) is 72.3 Å². The van der Waals surface area contributed by atoms with E-state index >= 15 is 4.39 Å². The number of imide groups is 1. The van der Waals surface area contributed by atoms with E-state index in [1.165, 1.54) is 12.0 Å². The number of benzene rings is 3. The minimum atomic E-state index is -0.525. The molecule has 1 atom stereocenters. The number of aryl methyl sites for hydroxylation is 1. The summed E-state index contributed by atoms with van der Waals surface area (Å²) in [4.78, 5) is 62.9. The zero-order valence-corrected chi connectivity index (χ0v) is 36.7. The molecule has 6 heterocycles. The number of nitrogens with one attached hydrogen (secondary N) is 3. The first kappa shape index (κ1) is 41.9. The Morgan fingerprint density at radius 2 is 1.67 bits per heavy atom. The Morgan fingerprint density at radius 1 is 0.937 bits per heavy atom. The number of carbonyl (C=O) groups is 3. The molecule has 9 rings (SSSR count). The molecule has 0 unspecified atom stereocenters. The number of rotatable bonds is 9. The lowest BCUT2D eigenvalue weighted by Crippen LogP contribution is -2.49. The number of piperazine rings is 1. The molecule has 0 spiro atoms. The summed E-state index contributed by atoms with van der Waals surface area (Å²) >= 11 is 0. The standard InChI is InChI=1S/C47H54FN11O4/c1-27-23-35-36(52-42-39(35)41(49-26-50-42)34-12-11-33(28(2)40(34)48)29(3)51-44(61)43-54-45(63-55-43)47(4,5)6)24-37(27)58-21-19-56(20-22-58)25-30-13-16-57(17-14-30)31-7-9-32(10-8-31)59-18-15-38(60)53-46(59)62/h7-12,23-24,26,29-30H,13-22,25H2,1-6H3,(H,51,61)(H,49,50,52)(H,53,60,62)/t29-/m1/s1. The number of carbonyl (C=O) groups excluding carboxylic acids is 3. The van der Waals surface area contributed by atoms with Crippen molar-refractivity contribution in [3.63, 3.8) is 0 Å². The minimum absolute atomic E-state index is 0.0664. The van der Waals surface area contributed by atoms with Gasteiger partial charge >= 0.3 is 6.03 Å². The first-order valence-corrected chi connectivity index (χ1v) is 21.9. The number of aromatic nitrogens is 5. The zero-order chi connectivity index (χ0) is 44.2. The summed E-state index contributed by atoms with van der Waals surface area (Å²) in [7, 11) is 0. The molecule has 0 aliphatic carbocycles. The van der Waals surface area contributed by atoms with Crippen LogP contribution in [0.25, 0.3) is 33.2 Å². The molecular weight excluding hydrogens is 802 g/mol. The maximum atomic E-state index is 16.4. The van der Waals surface area contributed by atoms with Crippen LogP contribution < -0.4 is 25.3 Å². The molecule has 3 N–H and O–H groups in total. The van der Waals surface area contributed by atoms with Crippen molar-refractivity contribution in [3.8, 4) is 11.3 Å². The van der Waals surface area contributed by atoms with Gasteiger partial charge in [0.15, 0.2) is 0 Å². The molecule has 3 aromatic carbocycles. The van der Waals surface area contributed by atoms with Gasteiger partial charge in [0.25, 0.3) is 11.7 Å². The molecule has 15 nitrogen and oxygen atoms in total. The summed E-state index contributed by atoms with van der Waals surface area (Å²) in [5, 5.41) is 10.8. The molecule has 16 heteroatoms. The Bertz CT molecular complexity index is 2710. The van der Waals surface area contributed by atoms with Crippen LogP contribution >= 0.6 is 0 Å². The van der Waals surface area contributed by atoms with Crippen LogP contribution in [0.5, 0.6) is 0 Å². The number of fused-ring (bicyclic) bond motifs is 3. The number of halogens is 1. The molecule has 4 amide bonds. The summed E-state index contributed by atoms with van der Waals surface area (Å²) in [6.07, 6.45) is 4.04. The Labute approximate surface area is 365 Å². The zero-order valence-electron chi connectivity index (χ0n) is 36.7. The fourth-order valence-corrected chi connectivity index (χ4v) is 9.29. The van der Waals surface area contributed by atoms with Crippen LogP contribution in [0.3, 0.4) is 0 Å². The van der Waals surface area contributed by atoms with Gasteiger partial charge in [-0.25, -0.2) is 19.2 Å². The predicted molar refractivity (Wildman–Crippen MR) is 241 cm³/mol. The SMILES string of the molecule is Cc1cc2c(cc1N1CCN(CC3CCN(c4ccc(N5CCC(=O)NC5=O)cc4)CC3)CC1)[nH]c1ncnc(-c3ccc([C@@H](C)NC(=O)c4noc(C(C)(C)C)n4)c(C)c3F)c12. The second-order valence-corrected chi connectivity index (χ2v) is 18.3. The van der Waals surface area contributed by atoms with Crippen LogP contribution in [-0.4, -0.2) is 100 Å². The Hall–Kier alpha value is -6.42. The first-order chi connectivity index (χ1) is 30.2. The van der Waals surface area contributed by atoms with Gasteiger partial charge < -0.3 is 24.6 Å². The monoisotopic (exact) mass is 855 g/mol. The van der Waals surface area contributed by atoms with Crippen molar-refractivity contribution >= 4 is 56.8 Å². The number of aromatic amines is 1. The van der Waals surface area contributed by atoms with E-state index < -0.39 is 23.2 Å². The van der Waals surface area contributed by atoms with Crippen molar-refractivity contribution in [2.75, 3.05) is 67.1 Å². The summed E-state index contributed by atoms with van der Waals surface area (Å²) in [6.45, 7) is 18.7. The number of anilines is 3. The molecule has 0 saturated carbocycles. The average Bonchev–Trinajstić information content (AvgIpc) is 3.92. The first-order valence-electron chi connectivity index (χ1n) is 21.9. The summed E-state index contributed by atoms with van der Waals surface area (Å²) in [5.41, 5.74) is 7.34. The largest absolute Gasteiger partial charge is 0.372 e. The second-order valence-electron chi connectivity index (χ2n) is 18.3. The third kappa shape index (κ3) is 8.31. The van der Waals surface area contributed by atoms with Gasteiger partial charge in [-0.2, -0.15) is 4.98 Å². The van der Waals surface area contributed by atoms with Gasteiger partial charge in [0.1, 0.15) is 17.8 Å². The van der Waals surface area contributed by atoms with Crippen molar-refractivity contribution in [3.05, 3.63) is 89.1 Å². The molecule has 3 aromatic heterocycles. The predicted octanol–water partition coefficient (Wildman–Crippen LogP) is 7.19. The van der Waals surface area contributed by atoms with Crippen molar-refractivity contribution in [1.29, 1.82) is 0 Å². The van der Waals surface area contributed by atoms with Gasteiger partial charge in [-0.15, -0.1) is 0 Å². The fourth-order valence-electron chi connectivity index (χ4n) is 9.29. The third-order valence-electron chi connectivity index (χ3n) is 12.9. The van der Waals surface area contributed by atoms with Gasteiger partial charge in [0, 0.05) is 97.7 Å². The molecule has 328 valence electrons. The Balaban J connectivity index is 0.829. The molecule has 3 fully saturated rings. The van der Waals surface area contributed by atoms with Crippen LogP contribution in [-0.2, 0) is 10.2 Å². The second kappa shape index (κ2) is 16.7. The smallest absolute Gasteiger partial charge is 0.328 e. The van der Waals surface area contributed by atoms with E-state index in [4.69, 9.17) is 4.52 Å². The van der Waals surface area contributed by atoms with E-state index in [0.717, 1.165) is 91.9 Å². The fraction of sp³-hybridized carbons (Fsp3) is 0.426. The van der Waals surface area contributed by atoms with Gasteiger partial charge in [-0.3, -0.25) is 24.7 Å². The lowest BCUT2D eigenvalue weighted by atomic mass is 9.95. The third-order valence-corrected chi connectivity index (χ3v) is 12.9. The van der Waals surface area contributed by atoms with Crippen molar-refractivity contribution in [1.82, 2.24) is 40.6 Å². The quantitative estimate of drug-likeness (QED) is 0.135. The molecular formula is C47H54FN11O4. The number of nitrogens with zero attached hydrogens (tertiary/aromatic N) is 8. The highest BCUT2D eigenvalue weighted by Gasteiger charge is 2.29. The number of hydrogen-bond donors (Lipinski definition) is 3. The Kier molecular flexibility index (Phi) is 11.1. The van der Waals surface area contributed by atoms with Crippen LogP contribution in [0.4, 0.5) is 26.2 Å². The van der Waals surface area contributed by atoms with Gasteiger partial charge in [0.2, 0.25) is 11.8 Å². The average molecular weight is 856 g/mol. The lowest BCUT2D eigenvalue weighted by molar-refractivity contribution is -0.120. The number of hydrogen-bond acceptors (Lipinski definition) is 11. The van der Waals surface area contributed by atoms with E-state index in [1.807, 2.05) is 39.0 Å². The minimum Gasteiger partial charge on any atom is -0.372 e. The van der Waals surface area contributed by atoms with Crippen molar-refractivity contribution < 1.29 is 23.3 Å². The van der Waals surface area contributed by atoms with Crippen LogP contribution in [0.15, 0.2) is 59.4 Å². The Morgan fingerprint density at radius 3 is 2.37 bits per heavy atom. The highest BCUT2D eigenvalue weighted by Crippen LogP contribution is 2.38. The van der Waals surface area contributed by atoms with Crippen molar-refractivity contribution in [2.24, 2.45) is 5.92 Å². The number of piperidine rings is 1. The maximum absolute atomic E-state index is 16.4. The molecule has 63 heavy (non-hydrogen) atoms. The van der Waals surface area contributed by atoms with Crippen LogP contribution in [0, 0.1) is 25.6 Å². The van der Waals surface area contributed by atoms with Crippen LogP contribution in [0.2, 0.25) is 0 Å². The summed E-state index contributed by atoms with van der Waals surface area (Å²) in [5.74, 6) is -0.204. The van der Waals surface area contributed by atoms with E-state index in [-0.39, 0.29) is 17.8 Å². The molecule has 0 radical (unpaired) electrons. The summed E-state index contributed by atoms with van der Waals surface area (Å²) in [6, 6.07) is 15.1. The van der Waals surface area contributed by atoms with E-state index in [2.05, 4.69) is 81.6 Å².